The summed E-state index contributed by atoms with van der Waals surface area (Å²) in [5, 5.41) is 20.2. The summed E-state index contributed by atoms with van der Waals surface area (Å²) in [7, 11) is -2.84. The average Bonchev–Trinajstić information content (AvgIpc) is 2.60. The molecule has 0 aromatic heterocycles. The number of nitrogens with zero attached hydrogens (tertiary/aromatic N) is 2. The van der Waals surface area contributed by atoms with Crippen LogP contribution in [0.5, 0.6) is 5.75 Å². The second-order valence-corrected chi connectivity index (χ2v) is 7.17. The first-order valence-electron chi connectivity index (χ1n) is 7.30. The number of nitro benzene ring substituents is 1. The van der Waals surface area contributed by atoms with Crippen molar-refractivity contribution in [1.29, 1.82) is 0 Å². The number of anilines is 1. The van der Waals surface area contributed by atoms with Gasteiger partial charge in [0.25, 0.3) is 15.7 Å². The summed E-state index contributed by atoms with van der Waals surface area (Å²) in [6.07, 6.45) is 0. The summed E-state index contributed by atoms with van der Waals surface area (Å²) in [6.45, 7) is 0.661. The zero-order valence-corrected chi connectivity index (χ0v) is 14.8. The van der Waals surface area contributed by atoms with E-state index in [4.69, 9.17) is 9.84 Å². The Kier molecular flexibility index (Phi) is 5.46. The number of non-ortho nitro benzene ring substituents is 1. The fourth-order valence-electron chi connectivity index (χ4n) is 2.28. The monoisotopic (exact) mass is 380 g/mol. The van der Waals surface area contributed by atoms with E-state index in [0.29, 0.717) is 15.6 Å². The normalized spacial score (nSPS) is 11.0. The molecule has 0 spiro atoms. The first kappa shape index (κ1) is 19.2. The first-order valence-corrected chi connectivity index (χ1v) is 8.74. The number of sulfonamides is 1. The average molecular weight is 380 g/mol. The number of ether oxygens (including phenoxy) is 1. The number of hydrogen-bond donors (Lipinski definition) is 1. The van der Waals surface area contributed by atoms with Gasteiger partial charge in [0.05, 0.1) is 22.6 Å². The lowest BCUT2D eigenvalue weighted by Gasteiger charge is -2.24. The zero-order chi connectivity index (χ0) is 19.5. The van der Waals surface area contributed by atoms with Crippen LogP contribution in [0.25, 0.3) is 0 Å². The number of rotatable bonds is 7. The third-order valence-electron chi connectivity index (χ3n) is 3.60. The molecule has 0 fully saturated rings. The van der Waals surface area contributed by atoms with Gasteiger partial charge in [-0.1, -0.05) is 6.07 Å². The fourth-order valence-corrected chi connectivity index (χ4v) is 3.75. The summed E-state index contributed by atoms with van der Waals surface area (Å²) in [5.41, 5.74) is -0.0303. The number of hydrogen-bond acceptors (Lipinski definition) is 6. The van der Waals surface area contributed by atoms with Crippen LogP contribution in [0, 0.1) is 17.0 Å². The van der Waals surface area contributed by atoms with Crippen molar-refractivity contribution < 1.29 is 28.0 Å². The number of nitro groups is 1. The molecule has 0 saturated carbocycles. The second-order valence-electron chi connectivity index (χ2n) is 5.31. The first-order chi connectivity index (χ1) is 12.2. The quantitative estimate of drug-likeness (QED) is 0.576. The standard InChI is InChI=1S/C16H16N2O7S/c1-11-3-4-12(18(21)22)9-15(11)17(10-16(19)20)26(23,24)14-7-5-13(25-2)6-8-14/h3-9H,10H2,1-2H3,(H,19,20). The highest BCUT2D eigenvalue weighted by molar-refractivity contribution is 7.92. The number of carboxylic acids is 1. The predicted octanol–water partition coefficient (Wildman–Crippen LogP) is 2.19. The van der Waals surface area contributed by atoms with E-state index in [1.807, 2.05) is 0 Å². The van der Waals surface area contributed by atoms with Crippen LogP contribution in [0.15, 0.2) is 47.4 Å². The molecular formula is C16H16N2O7S. The van der Waals surface area contributed by atoms with Crippen LogP contribution in [0.3, 0.4) is 0 Å². The summed E-state index contributed by atoms with van der Waals surface area (Å²) in [6, 6.07) is 9.02. The van der Waals surface area contributed by atoms with Crippen molar-refractivity contribution in [2.24, 2.45) is 0 Å². The number of methoxy groups -OCH3 is 1. The molecule has 0 atom stereocenters. The maximum Gasteiger partial charge on any atom is 0.324 e. The van der Waals surface area contributed by atoms with Gasteiger partial charge in [0.2, 0.25) is 0 Å². The number of benzene rings is 2. The molecule has 9 nitrogen and oxygen atoms in total. The Bertz CT molecular complexity index is 940. The minimum absolute atomic E-state index is 0.0718. The molecule has 0 saturated heterocycles. The lowest BCUT2D eigenvalue weighted by Crippen LogP contribution is -2.36. The third-order valence-corrected chi connectivity index (χ3v) is 5.37. The highest BCUT2D eigenvalue weighted by Crippen LogP contribution is 2.30. The predicted molar refractivity (Wildman–Crippen MR) is 93.0 cm³/mol. The summed E-state index contributed by atoms with van der Waals surface area (Å²) >= 11 is 0. The Hall–Kier alpha value is -3.14. The van der Waals surface area contributed by atoms with Crippen molar-refractivity contribution in [3.63, 3.8) is 0 Å². The summed E-state index contributed by atoms with van der Waals surface area (Å²) in [4.78, 5) is 21.4. The van der Waals surface area contributed by atoms with E-state index >= 15 is 0 Å². The zero-order valence-electron chi connectivity index (χ0n) is 13.9. The molecule has 2 aromatic rings. The molecule has 0 amide bonds. The highest BCUT2D eigenvalue weighted by atomic mass is 32.2. The van der Waals surface area contributed by atoms with Crippen LogP contribution in [0.1, 0.15) is 5.56 Å². The lowest BCUT2D eigenvalue weighted by molar-refractivity contribution is -0.384. The smallest absolute Gasteiger partial charge is 0.324 e. The van der Waals surface area contributed by atoms with Gasteiger partial charge in [-0.3, -0.25) is 19.2 Å². The molecule has 0 aliphatic carbocycles. The van der Waals surface area contributed by atoms with E-state index in [1.54, 1.807) is 0 Å². The van der Waals surface area contributed by atoms with Gasteiger partial charge in [0, 0.05) is 12.1 Å². The largest absolute Gasteiger partial charge is 0.497 e. The van der Waals surface area contributed by atoms with Crippen molar-refractivity contribution in [2.75, 3.05) is 18.0 Å². The SMILES string of the molecule is COc1ccc(S(=O)(=O)N(CC(=O)O)c2cc([N+](=O)[O-])ccc2C)cc1. The highest BCUT2D eigenvalue weighted by Gasteiger charge is 2.29. The minimum atomic E-state index is -4.26. The van der Waals surface area contributed by atoms with Crippen LogP contribution in [-0.2, 0) is 14.8 Å². The van der Waals surface area contributed by atoms with Crippen LogP contribution >= 0.6 is 0 Å². The molecule has 0 unspecified atom stereocenters. The van der Waals surface area contributed by atoms with E-state index in [9.17, 15) is 23.3 Å². The van der Waals surface area contributed by atoms with Crippen LogP contribution < -0.4 is 9.04 Å². The van der Waals surface area contributed by atoms with Gasteiger partial charge in [-0.25, -0.2) is 8.42 Å². The Morgan fingerprint density at radius 2 is 1.85 bits per heavy atom. The maximum absolute atomic E-state index is 13.0. The van der Waals surface area contributed by atoms with E-state index < -0.39 is 27.5 Å². The van der Waals surface area contributed by atoms with Crippen molar-refractivity contribution >= 4 is 27.4 Å². The van der Waals surface area contributed by atoms with Gasteiger partial charge in [-0.15, -0.1) is 0 Å². The molecule has 1 N–H and O–H groups in total. The Morgan fingerprint density at radius 3 is 2.35 bits per heavy atom. The van der Waals surface area contributed by atoms with Gasteiger partial charge in [0.1, 0.15) is 12.3 Å². The van der Waals surface area contributed by atoms with Crippen molar-refractivity contribution in [3.8, 4) is 5.75 Å². The van der Waals surface area contributed by atoms with E-state index in [2.05, 4.69) is 0 Å². The lowest BCUT2D eigenvalue weighted by atomic mass is 10.2. The number of carbonyl (C=O) groups is 1. The summed E-state index contributed by atoms with van der Waals surface area (Å²) in [5.74, 6) is -0.965. The van der Waals surface area contributed by atoms with Gasteiger partial charge < -0.3 is 9.84 Å². The maximum atomic E-state index is 13.0. The molecule has 0 aliphatic heterocycles. The summed E-state index contributed by atoms with van der Waals surface area (Å²) < 4.78 is 31.5. The molecule has 10 heteroatoms. The molecule has 2 aromatic carbocycles. The van der Waals surface area contributed by atoms with Crippen molar-refractivity contribution in [2.45, 2.75) is 11.8 Å². The van der Waals surface area contributed by atoms with Crippen LogP contribution in [-0.4, -0.2) is 38.1 Å². The number of aryl methyl sites for hydroxylation is 1. The van der Waals surface area contributed by atoms with Gasteiger partial charge in [-0.2, -0.15) is 0 Å². The molecule has 0 bridgehead atoms. The van der Waals surface area contributed by atoms with Gasteiger partial charge >= 0.3 is 5.97 Å². The van der Waals surface area contributed by atoms with Crippen LogP contribution in [0.4, 0.5) is 11.4 Å². The number of aliphatic carboxylic acids is 1. The van der Waals surface area contributed by atoms with Crippen LogP contribution in [0.2, 0.25) is 0 Å². The molecule has 0 radical (unpaired) electrons. The minimum Gasteiger partial charge on any atom is -0.497 e. The third kappa shape index (κ3) is 3.91. The Morgan fingerprint density at radius 1 is 1.23 bits per heavy atom. The number of carboxylic acid groups (broad SMARTS) is 1. The molecule has 2 rings (SSSR count). The van der Waals surface area contributed by atoms with Crippen molar-refractivity contribution in [1.82, 2.24) is 0 Å². The van der Waals surface area contributed by atoms with Gasteiger partial charge in [0.15, 0.2) is 0 Å². The Labute approximate surface area is 149 Å². The molecule has 138 valence electrons. The van der Waals surface area contributed by atoms with E-state index in [1.165, 1.54) is 50.4 Å². The fraction of sp³-hybridized carbons (Fsp3) is 0.188. The van der Waals surface area contributed by atoms with Crippen molar-refractivity contribution in [3.05, 3.63) is 58.1 Å². The topological polar surface area (TPSA) is 127 Å². The van der Waals surface area contributed by atoms with E-state index in [-0.39, 0.29) is 16.3 Å². The van der Waals surface area contributed by atoms with Gasteiger partial charge in [-0.05, 0) is 36.8 Å². The molecule has 26 heavy (non-hydrogen) atoms. The Balaban J connectivity index is 2.61. The second kappa shape index (κ2) is 7.40. The van der Waals surface area contributed by atoms with E-state index in [0.717, 1.165) is 6.07 Å². The molecule has 0 aliphatic rings. The molecule has 0 heterocycles. The molecular weight excluding hydrogens is 364 g/mol.